The molecule has 1 amide bonds. The fourth-order valence-corrected chi connectivity index (χ4v) is 3.27. The Morgan fingerprint density at radius 1 is 1.23 bits per heavy atom. The number of carbonyl (C=O) groups is 1. The van der Waals surface area contributed by atoms with E-state index in [4.69, 9.17) is 0 Å². The Bertz CT molecular complexity index is 784. The Hall–Kier alpha value is -2.08. The predicted molar refractivity (Wildman–Crippen MR) is 108 cm³/mol. The van der Waals surface area contributed by atoms with Gasteiger partial charge >= 0.3 is 0 Å². The minimum Gasteiger partial charge on any atom is -0.325 e. The van der Waals surface area contributed by atoms with Crippen molar-refractivity contribution in [1.29, 1.82) is 0 Å². The third-order valence-corrected chi connectivity index (χ3v) is 5.05. The number of benzene rings is 1. The van der Waals surface area contributed by atoms with E-state index in [0.717, 1.165) is 30.6 Å². The van der Waals surface area contributed by atoms with Gasteiger partial charge in [0.2, 0.25) is 5.91 Å². The number of H-pyrrole nitrogens is 1. The molecule has 6 heteroatoms. The van der Waals surface area contributed by atoms with Crippen LogP contribution in [0.2, 0.25) is 0 Å². The van der Waals surface area contributed by atoms with E-state index in [2.05, 4.69) is 36.1 Å². The number of thioether (sulfide) groups is 1. The number of unbranched alkanes of at least 4 members (excludes halogenated alkanes) is 1. The SMILES string of the molecule is CCCCc1cc(=O)[nH]c(SC(C)C(=O)Nc2ccc(C(C)C)cc2)n1. The number of aromatic nitrogens is 2. The molecule has 1 unspecified atom stereocenters. The van der Waals surface area contributed by atoms with Gasteiger partial charge in [-0.1, -0.05) is 51.1 Å². The summed E-state index contributed by atoms with van der Waals surface area (Å²) < 4.78 is 0. The fraction of sp³-hybridized carbons (Fsp3) is 0.450. The smallest absolute Gasteiger partial charge is 0.251 e. The second-order valence-corrected chi connectivity index (χ2v) is 8.00. The van der Waals surface area contributed by atoms with Crippen LogP contribution in [0.15, 0.2) is 40.3 Å². The number of rotatable bonds is 8. The topological polar surface area (TPSA) is 74.8 Å². The lowest BCUT2D eigenvalue weighted by Crippen LogP contribution is -2.23. The molecule has 2 aromatic rings. The maximum absolute atomic E-state index is 12.4. The second kappa shape index (κ2) is 9.57. The molecule has 2 N–H and O–H groups in total. The molecule has 0 bridgehead atoms. The number of hydrogen-bond donors (Lipinski definition) is 2. The van der Waals surface area contributed by atoms with Crippen LogP contribution in [0.4, 0.5) is 5.69 Å². The maximum atomic E-state index is 12.4. The zero-order valence-corrected chi connectivity index (χ0v) is 16.7. The average Bonchev–Trinajstić information content (AvgIpc) is 2.59. The van der Waals surface area contributed by atoms with Gasteiger partial charge in [0.15, 0.2) is 5.16 Å². The highest BCUT2D eigenvalue weighted by Gasteiger charge is 2.16. The molecule has 1 aromatic heterocycles. The van der Waals surface area contributed by atoms with Crippen LogP contribution in [-0.2, 0) is 11.2 Å². The van der Waals surface area contributed by atoms with Crippen LogP contribution in [0.3, 0.4) is 0 Å². The summed E-state index contributed by atoms with van der Waals surface area (Å²) in [6.07, 6.45) is 2.81. The van der Waals surface area contributed by atoms with Gasteiger partial charge in [-0.15, -0.1) is 0 Å². The van der Waals surface area contributed by atoms with E-state index < -0.39 is 0 Å². The van der Waals surface area contributed by atoms with Crippen LogP contribution >= 0.6 is 11.8 Å². The number of amides is 1. The molecule has 2 rings (SSSR count). The quantitative estimate of drug-likeness (QED) is 0.533. The molecule has 26 heavy (non-hydrogen) atoms. The third kappa shape index (κ3) is 6.02. The minimum absolute atomic E-state index is 0.117. The van der Waals surface area contributed by atoms with Crippen molar-refractivity contribution >= 4 is 23.4 Å². The molecule has 1 heterocycles. The van der Waals surface area contributed by atoms with Crippen LogP contribution in [0, 0.1) is 0 Å². The van der Waals surface area contributed by atoms with Gasteiger partial charge in [-0.25, -0.2) is 4.98 Å². The van der Waals surface area contributed by atoms with E-state index in [1.807, 2.05) is 24.3 Å². The monoisotopic (exact) mass is 373 g/mol. The molecule has 5 nitrogen and oxygen atoms in total. The van der Waals surface area contributed by atoms with Gasteiger partial charge in [-0.3, -0.25) is 9.59 Å². The first kappa shape index (κ1) is 20.2. The molecule has 0 fully saturated rings. The Labute approximate surface area is 159 Å². The zero-order valence-electron chi connectivity index (χ0n) is 15.8. The Kier molecular flexibility index (Phi) is 7.45. The average molecular weight is 374 g/mol. The lowest BCUT2D eigenvalue weighted by molar-refractivity contribution is -0.115. The molecule has 140 valence electrons. The van der Waals surface area contributed by atoms with Crippen molar-refractivity contribution in [2.24, 2.45) is 0 Å². The van der Waals surface area contributed by atoms with Crippen molar-refractivity contribution in [2.45, 2.75) is 63.3 Å². The molecule has 0 saturated heterocycles. The van der Waals surface area contributed by atoms with Gasteiger partial charge in [-0.05, 0) is 43.4 Å². The highest BCUT2D eigenvalue weighted by molar-refractivity contribution is 8.00. The lowest BCUT2D eigenvalue weighted by atomic mass is 10.0. The normalized spacial score (nSPS) is 12.2. The molecule has 0 spiro atoms. The van der Waals surface area contributed by atoms with Gasteiger partial charge in [0, 0.05) is 17.4 Å². The van der Waals surface area contributed by atoms with Gasteiger partial charge in [0.1, 0.15) is 0 Å². The molecule has 0 radical (unpaired) electrons. The Morgan fingerprint density at radius 2 is 1.92 bits per heavy atom. The summed E-state index contributed by atoms with van der Waals surface area (Å²) in [4.78, 5) is 31.4. The standard InChI is InChI=1S/C20H27N3O2S/c1-5-6-7-17-12-18(24)23-20(22-17)26-14(4)19(25)21-16-10-8-15(9-11-16)13(2)3/h8-14H,5-7H2,1-4H3,(H,21,25)(H,22,23,24). The molecule has 1 atom stereocenters. The third-order valence-electron chi connectivity index (χ3n) is 4.06. The summed E-state index contributed by atoms with van der Waals surface area (Å²) in [5.41, 5.74) is 2.60. The molecular formula is C20H27N3O2S. The Balaban J connectivity index is 2.00. The van der Waals surface area contributed by atoms with Crippen LogP contribution in [-0.4, -0.2) is 21.1 Å². The van der Waals surface area contributed by atoms with Crippen molar-refractivity contribution < 1.29 is 4.79 Å². The maximum Gasteiger partial charge on any atom is 0.251 e. The predicted octanol–water partition coefficient (Wildman–Crippen LogP) is 4.36. The van der Waals surface area contributed by atoms with Crippen LogP contribution in [0.5, 0.6) is 0 Å². The number of carbonyl (C=O) groups excluding carboxylic acids is 1. The van der Waals surface area contributed by atoms with Gasteiger partial charge < -0.3 is 10.3 Å². The first-order valence-electron chi connectivity index (χ1n) is 9.06. The molecule has 0 saturated carbocycles. The van der Waals surface area contributed by atoms with Gasteiger partial charge in [0.05, 0.1) is 5.25 Å². The second-order valence-electron chi connectivity index (χ2n) is 6.67. The molecule has 0 aliphatic carbocycles. The summed E-state index contributed by atoms with van der Waals surface area (Å²) in [5.74, 6) is 0.339. The highest BCUT2D eigenvalue weighted by atomic mass is 32.2. The number of hydrogen-bond acceptors (Lipinski definition) is 4. The minimum atomic E-state index is -0.371. The van der Waals surface area contributed by atoms with E-state index in [0.29, 0.717) is 11.1 Å². The summed E-state index contributed by atoms with van der Waals surface area (Å²) in [6, 6.07) is 9.40. The first-order chi connectivity index (χ1) is 12.4. The van der Waals surface area contributed by atoms with Gasteiger partial charge in [-0.2, -0.15) is 0 Å². The number of anilines is 1. The molecular weight excluding hydrogens is 346 g/mol. The lowest BCUT2D eigenvalue weighted by Gasteiger charge is -2.13. The van der Waals surface area contributed by atoms with E-state index in [1.165, 1.54) is 23.4 Å². The van der Waals surface area contributed by atoms with Crippen molar-refractivity contribution in [2.75, 3.05) is 5.32 Å². The molecule has 1 aromatic carbocycles. The van der Waals surface area contributed by atoms with E-state index in [9.17, 15) is 9.59 Å². The van der Waals surface area contributed by atoms with E-state index >= 15 is 0 Å². The van der Waals surface area contributed by atoms with Crippen molar-refractivity contribution in [3.8, 4) is 0 Å². The molecule has 0 aliphatic rings. The summed E-state index contributed by atoms with van der Waals surface area (Å²) in [5, 5.41) is 3.03. The summed E-state index contributed by atoms with van der Waals surface area (Å²) >= 11 is 1.26. The number of nitrogens with zero attached hydrogens (tertiary/aromatic N) is 1. The highest BCUT2D eigenvalue weighted by Crippen LogP contribution is 2.21. The number of aromatic amines is 1. The summed E-state index contributed by atoms with van der Waals surface area (Å²) in [7, 11) is 0. The summed E-state index contributed by atoms with van der Waals surface area (Å²) in [6.45, 7) is 8.17. The van der Waals surface area contributed by atoms with Crippen LogP contribution in [0.1, 0.15) is 57.7 Å². The molecule has 0 aliphatic heterocycles. The van der Waals surface area contributed by atoms with Crippen LogP contribution in [0.25, 0.3) is 0 Å². The number of aryl methyl sites for hydroxylation is 1. The largest absolute Gasteiger partial charge is 0.325 e. The number of nitrogens with one attached hydrogen (secondary N) is 2. The first-order valence-corrected chi connectivity index (χ1v) is 9.94. The van der Waals surface area contributed by atoms with E-state index in [1.54, 1.807) is 6.92 Å². The Morgan fingerprint density at radius 3 is 2.54 bits per heavy atom. The van der Waals surface area contributed by atoms with Crippen LogP contribution < -0.4 is 10.9 Å². The zero-order chi connectivity index (χ0) is 19.1. The van der Waals surface area contributed by atoms with Crippen molar-refractivity contribution in [3.05, 3.63) is 51.9 Å². The van der Waals surface area contributed by atoms with Gasteiger partial charge in [0.25, 0.3) is 5.56 Å². The fourth-order valence-electron chi connectivity index (χ4n) is 2.44. The van der Waals surface area contributed by atoms with Crippen molar-refractivity contribution in [1.82, 2.24) is 9.97 Å². The van der Waals surface area contributed by atoms with E-state index in [-0.39, 0.29) is 16.7 Å². The van der Waals surface area contributed by atoms with Crippen molar-refractivity contribution in [3.63, 3.8) is 0 Å².